The number of rotatable bonds is 2. The van der Waals surface area contributed by atoms with Gasteiger partial charge in [-0.05, 0) is 50.3 Å². The van der Waals surface area contributed by atoms with Gasteiger partial charge in [0.05, 0.1) is 0 Å². The zero-order chi connectivity index (χ0) is 13.1. The highest BCUT2D eigenvalue weighted by Gasteiger charge is 2.22. The van der Waals surface area contributed by atoms with Crippen LogP contribution in [0, 0.1) is 6.92 Å². The summed E-state index contributed by atoms with van der Waals surface area (Å²) in [6.45, 7) is 1.95. The quantitative estimate of drug-likeness (QED) is 0.815. The standard InChI is InChI=1S/C14H17BrClNO/c1-9-12(3-2-4-13(9)15)14(18)17-11-7-5-10(16)6-8-11/h2-4,10-11H,5-8H2,1H3,(H,17,18). The minimum absolute atomic E-state index is 0.0202. The molecule has 1 aliphatic carbocycles. The fourth-order valence-corrected chi connectivity index (χ4v) is 2.93. The normalized spacial score (nSPS) is 23.7. The number of hydrogen-bond acceptors (Lipinski definition) is 1. The van der Waals surface area contributed by atoms with Gasteiger partial charge in [-0.2, -0.15) is 0 Å². The molecule has 18 heavy (non-hydrogen) atoms. The van der Waals surface area contributed by atoms with Crippen molar-refractivity contribution in [3.8, 4) is 0 Å². The van der Waals surface area contributed by atoms with Crippen molar-refractivity contribution < 1.29 is 4.79 Å². The first-order valence-electron chi connectivity index (χ1n) is 6.28. The molecule has 0 aromatic heterocycles. The van der Waals surface area contributed by atoms with Gasteiger partial charge >= 0.3 is 0 Å². The Morgan fingerprint density at radius 3 is 2.67 bits per heavy atom. The zero-order valence-corrected chi connectivity index (χ0v) is 12.7. The van der Waals surface area contributed by atoms with E-state index in [9.17, 15) is 4.79 Å². The highest BCUT2D eigenvalue weighted by molar-refractivity contribution is 9.10. The van der Waals surface area contributed by atoms with Gasteiger partial charge in [-0.15, -0.1) is 11.6 Å². The van der Waals surface area contributed by atoms with E-state index in [4.69, 9.17) is 11.6 Å². The monoisotopic (exact) mass is 329 g/mol. The lowest BCUT2D eigenvalue weighted by atomic mass is 9.94. The average molecular weight is 331 g/mol. The molecule has 0 unspecified atom stereocenters. The Labute approximate surface area is 121 Å². The van der Waals surface area contributed by atoms with Crippen LogP contribution in [0.4, 0.5) is 0 Å². The maximum Gasteiger partial charge on any atom is 0.251 e. The zero-order valence-electron chi connectivity index (χ0n) is 10.4. The lowest BCUT2D eigenvalue weighted by Gasteiger charge is -2.26. The number of benzene rings is 1. The number of carbonyl (C=O) groups is 1. The van der Waals surface area contributed by atoms with Crippen LogP contribution in [-0.4, -0.2) is 17.3 Å². The van der Waals surface area contributed by atoms with Gasteiger partial charge in [0.25, 0.3) is 5.91 Å². The topological polar surface area (TPSA) is 29.1 Å². The molecular weight excluding hydrogens is 314 g/mol. The lowest BCUT2D eigenvalue weighted by molar-refractivity contribution is 0.0927. The smallest absolute Gasteiger partial charge is 0.251 e. The van der Waals surface area contributed by atoms with Crippen molar-refractivity contribution in [3.63, 3.8) is 0 Å². The summed E-state index contributed by atoms with van der Waals surface area (Å²) < 4.78 is 0.972. The van der Waals surface area contributed by atoms with Gasteiger partial charge in [0.15, 0.2) is 0 Å². The molecule has 0 heterocycles. The second kappa shape index (κ2) is 6.07. The molecule has 4 heteroatoms. The van der Waals surface area contributed by atoms with E-state index >= 15 is 0 Å². The van der Waals surface area contributed by atoms with Gasteiger partial charge in [0.2, 0.25) is 0 Å². The summed E-state index contributed by atoms with van der Waals surface area (Å²) in [5, 5.41) is 3.39. The first kappa shape index (κ1) is 13.9. The van der Waals surface area contributed by atoms with Crippen molar-refractivity contribution in [3.05, 3.63) is 33.8 Å². The Hall–Kier alpha value is -0.540. The molecular formula is C14H17BrClNO. The van der Waals surface area contributed by atoms with E-state index in [-0.39, 0.29) is 17.3 Å². The van der Waals surface area contributed by atoms with Gasteiger partial charge in [-0.3, -0.25) is 4.79 Å². The van der Waals surface area contributed by atoms with Crippen LogP contribution < -0.4 is 5.32 Å². The van der Waals surface area contributed by atoms with E-state index in [2.05, 4.69) is 21.2 Å². The molecule has 0 spiro atoms. The summed E-state index contributed by atoms with van der Waals surface area (Å²) in [4.78, 5) is 12.2. The summed E-state index contributed by atoms with van der Waals surface area (Å²) in [7, 11) is 0. The Morgan fingerprint density at radius 1 is 1.33 bits per heavy atom. The fraction of sp³-hybridized carbons (Fsp3) is 0.500. The molecule has 0 radical (unpaired) electrons. The molecule has 98 valence electrons. The Kier molecular flexibility index (Phi) is 4.68. The van der Waals surface area contributed by atoms with E-state index in [0.717, 1.165) is 41.3 Å². The molecule has 1 saturated carbocycles. The third kappa shape index (κ3) is 3.27. The minimum Gasteiger partial charge on any atom is -0.349 e. The summed E-state index contributed by atoms with van der Waals surface area (Å²) in [6, 6.07) is 5.97. The highest BCUT2D eigenvalue weighted by Crippen LogP contribution is 2.24. The number of hydrogen-bond donors (Lipinski definition) is 1. The van der Waals surface area contributed by atoms with Crippen LogP contribution in [0.5, 0.6) is 0 Å². The predicted molar refractivity (Wildman–Crippen MR) is 78.2 cm³/mol. The molecule has 2 rings (SSSR count). The van der Waals surface area contributed by atoms with Crippen molar-refractivity contribution in [1.29, 1.82) is 0 Å². The molecule has 0 bridgehead atoms. The molecule has 2 nitrogen and oxygen atoms in total. The van der Waals surface area contributed by atoms with Crippen LogP contribution in [0.15, 0.2) is 22.7 Å². The molecule has 0 atom stereocenters. The van der Waals surface area contributed by atoms with E-state index in [1.165, 1.54) is 0 Å². The summed E-state index contributed by atoms with van der Waals surface area (Å²) in [5.41, 5.74) is 1.73. The number of halogens is 2. The number of amides is 1. The fourth-order valence-electron chi connectivity index (χ4n) is 2.31. The van der Waals surface area contributed by atoms with Crippen LogP contribution in [0.1, 0.15) is 41.6 Å². The summed E-state index contributed by atoms with van der Waals surface area (Å²) in [5.74, 6) is 0.0202. The van der Waals surface area contributed by atoms with Gasteiger partial charge in [-0.25, -0.2) is 0 Å². The first-order chi connectivity index (χ1) is 8.58. The third-order valence-electron chi connectivity index (χ3n) is 3.50. The van der Waals surface area contributed by atoms with E-state index in [1.54, 1.807) is 0 Å². The van der Waals surface area contributed by atoms with Crippen LogP contribution in [0.2, 0.25) is 0 Å². The summed E-state index contributed by atoms with van der Waals surface area (Å²) in [6.07, 6.45) is 3.94. The molecule has 1 fully saturated rings. The number of nitrogens with one attached hydrogen (secondary N) is 1. The molecule has 1 aliphatic rings. The molecule has 1 aromatic carbocycles. The Balaban J connectivity index is 2.01. The third-order valence-corrected chi connectivity index (χ3v) is 4.80. The van der Waals surface area contributed by atoms with Gasteiger partial charge < -0.3 is 5.32 Å². The predicted octanol–water partition coefficient (Wildman–Crippen LogP) is 4.04. The van der Waals surface area contributed by atoms with Gasteiger partial charge in [0.1, 0.15) is 0 Å². The number of alkyl halides is 1. The van der Waals surface area contributed by atoms with Crippen LogP contribution in [0.3, 0.4) is 0 Å². The molecule has 1 aromatic rings. The molecule has 0 saturated heterocycles. The molecule has 1 N–H and O–H groups in total. The van der Waals surface area contributed by atoms with Crippen molar-refractivity contribution in [1.82, 2.24) is 5.32 Å². The second-order valence-corrected chi connectivity index (χ2v) is 6.31. The van der Waals surface area contributed by atoms with E-state index in [1.807, 2.05) is 25.1 Å². The largest absolute Gasteiger partial charge is 0.349 e. The van der Waals surface area contributed by atoms with E-state index in [0.29, 0.717) is 0 Å². The average Bonchev–Trinajstić information content (AvgIpc) is 2.35. The van der Waals surface area contributed by atoms with Crippen LogP contribution in [-0.2, 0) is 0 Å². The molecule has 1 amide bonds. The van der Waals surface area contributed by atoms with E-state index < -0.39 is 0 Å². The lowest BCUT2D eigenvalue weighted by Crippen LogP contribution is -2.38. The summed E-state index contributed by atoms with van der Waals surface area (Å²) >= 11 is 9.51. The van der Waals surface area contributed by atoms with Crippen molar-refractivity contribution in [2.24, 2.45) is 0 Å². The van der Waals surface area contributed by atoms with Crippen molar-refractivity contribution >= 4 is 33.4 Å². The Morgan fingerprint density at radius 2 is 2.00 bits per heavy atom. The van der Waals surface area contributed by atoms with Gasteiger partial charge in [0, 0.05) is 21.5 Å². The van der Waals surface area contributed by atoms with Crippen LogP contribution in [0.25, 0.3) is 0 Å². The minimum atomic E-state index is 0.0202. The molecule has 0 aliphatic heterocycles. The Bertz CT molecular complexity index is 441. The van der Waals surface area contributed by atoms with Crippen molar-refractivity contribution in [2.45, 2.75) is 44.0 Å². The second-order valence-electron chi connectivity index (χ2n) is 4.83. The van der Waals surface area contributed by atoms with Crippen LogP contribution >= 0.6 is 27.5 Å². The van der Waals surface area contributed by atoms with Crippen molar-refractivity contribution in [2.75, 3.05) is 0 Å². The maximum absolute atomic E-state index is 12.2. The maximum atomic E-state index is 12.2. The van der Waals surface area contributed by atoms with Gasteiger partial charge in [-0.1, -0.05) is 22.0 Å². The SMILES string of the molecule is Cc1c(Br)cccc1C(=O)NC1CCC(Cl)CC1. The highest BCUT2D eigenvalue weighted by atomic mass is 79.9. The number of carbonyl (C=O) groups excluding carboxylic acids is 1. The first-order valence-corrected chi connectivity index (χ1v) is 7.51.